The Morgan fingerprint density at radius 1 is 1.14 bits per heavy atom. The lowest BCUT2D eigenvalue weighted by Gasteiger charge is -2.30. The SMILES string of the molecule is CS(=O)(=O)N1CCCC(c2ccc(C(=O)NCCC(=O)N3CCCCC3)cn2)C1. The van der Waals surface area contributed by atoms with Crippen LogP contribution in [0.5, 0.6) is 0 Å². The summed E-state index contributed by atoms with van der Waals surface area (Å²) in [4.78, 5) is 30.7. The molecule has 2 aliphatic heterocycles. The predicted molar refractivity (Wildman–Crippen MR) is 110 cm³/mol. The minimum atomic E-state index is -3.20. The summed E-state index contributed by atoms with van der Waals surface area (Å²) < 4.78 is 25.1. The third-order valence-electron chi connectivity index (χ3n) is 5.65. The zero-order chi connectivity index (χ0) is 20.9. The van der Waals surface area contributed by atoms with Crippen LogP contribution in [0.25, 0.3) is 0 Å². The Labute approximate surface area is 172 Å². The summed E-state index contributed by atoms with van der Waals surface area (Å²) in [6.07, 6.45) is 8.02. The molecule has 0 saturated carbocycles. The van der Waals surface area contributed by atoms with Gasteiger partial charge in [0.25, 0.3) is 5.91 Å². The minimum absolute atomic E-state index is 0.0396. The summed E-state index contributed by atoms with van der Waals surface area (Å²) in [5.41, 5.74) is 1.24. The standard InChI is InChI=1S/C20H30N4O4S/c1-29(27,28)24-13-5-6-17(15-24)18-8-7-16(14-22-18)20(26)21-10-9-19(25)23-11-3-2-4-12-23/h7-8,14,17H,2-6,9-13,15H2,1H3,(H,21,26). The molecule has 1 N–H and O–H groups in total. The van der Waals surface area contributed by atoms with Crippen molar-refractivity contribution < 1.29 is 18.0 Å². The van der Waals surface area contributed by atoms with Crippen molar-refractivity contribution >= 4 is 21.8 Å². The van der Waals surface area contributed by atoms with Gasteiger partial charge < -0.3 is 10.2 Å². The number of nitrogens with zero attached hydrogens (tertiary/aromatic N) is 3. The second-order valence-corrected chi connectivity index (χ2v) is 9.86. The Bertz CT molecular complexity index is 819. The van der Waals surface area contributed by atoms with E-state index in [2.05, 4.69) is 10.3 Å². The van der Waals surface area contributed by atoms with Crippen molar-refractivity contribution in [2.45, 2.75) is 44.4 Å². The Balaban J connectivity index is 1.49. The first-order valence-corrected chi connectivity index (χ1v) is 12.2. The average Bonchev–Trinajstić information content (AvgIpc) is 2.74. The van der Waals surface area contributed by atoms with E-state index in [9.17, 15) is 18.0 Å². The van der Waals surface area contributed by atoms with Gasteiger partial charge in [0.05, 0.1) is 11.8 Å². The second kappa shape index (κ2) is 9.67. The number of rotatable bonds is 6. The van der Waals surface area contributed by atoms with E-state index < -0.39 is 10.0 Å². The van der Waals surface area contributed by atoms with Gasteiger partial charge in [0.15, 0.2) is 0 Å². The Kier molecular flexibility index (Phi) is 7.23. The van der Waals surface area contributed by atoms with E-state index in [0.717, 1.165) is 44.5 Å². The predicted octanol–water partition coefficient (Wildman–Crippen LogP) is 1.35. The number of hydrogen-bond acceptors (Lipinski definition) is 5. The highest BCUT2D eigenvalue weighted by Crippen LogP contribution is 2.26. The van der Waals surface area contributed by atoms with Gasteiger partial charge in [0, 0.05) is 57.0 Å². The highest BCUT2D eigenvalue weighted by atomic mass is 32.2. The lowest BCUT2D eigenvalue weighted by Crippen LogP contribution is -2.38. The van der Waals surface area contributed by atoms with E-state index in [1.165, 1.54) is 23.2 Å². The van der Waals surface area contributed by atoms with Crippen LogP contribution in [0.1, 0.15) is 60.5 Å². The van der Waals surface area contributed by atoms with Crippen molar-refractivity contribution in [3.8, 4) is 0 Å². The molecule has 3 rings (SSSR count). The zero-order valence-corrected chi connectivity index (χ0v) is 17.8. The number of nitrogens with one attached hydrogen (secondary N) is 1. The topological polar surface area (TPSA) is 99.7 Å². The second-order valence-electron chi connectivity index (χ2n) is 7.88. The van der Waals surface area contributed by atoms with Crippen molar-refractivity contribution in [1.82, 2.24) is 19.5 Å². The maximum atomic E-state index is 12.3. The van der Waals surface area contributed by atoms with Crippen LogP contribution in [0.2, 0.25) is 0 Å². The summed E-state index contributed by atoms with van der Waals surface area (Å²) in [6.45, 7) is 2.91. The van der Waals surface area contributed by atoms with Gasteiger partial charge >= 0.3 is 0 Å². The summed E-state index contributed by atoms with van der Waals surface area (Å²) in [7, 11) is -3.20. The van der Waals surface area contributed by atoms with Crippen LogP contribution in [0.4, 0.5) is 0 Å². The number of carbonyl (C=O) groups excluding carboxylic acids is 2. The van der Waals surface area contributed by atoms with Gasteiger partial charge in [0.2, 0.25) is 15.9 Å². The molecular formula is C20H30N4O4S. The maximum absolute atomic E-state index is 12.3. The number of aromatic nitrogens is 1. The fourth-order valence-corrected chi connectivity index (χ4v) is 4.86. The molecule has 0 spiro atoms. The number of amides is 2. The summed E-state index contributed by atoms with van der Waals surface area (Å²) >= 11 is 0. The number of piperidine rings is 2. The number of hydrogen-bond donors (Lipinski definition) is 1. The third-order valence-corrected chi connectivity index (χ3v) is 6.92. The van der Waals surface area contributed by atoms with Crippen molar-refractivity contribution in [3.63, 3.8) is 0 Å². The number of carbonyl (C=O) groups is 2. The van der Waals surface area contributed by atoms with Crippen LogP contribution >= 0.6 is 0 Å². The van der Waals surface area contributed by atoms with Crippen LogP contribution in [0.15, 0.2) is 18.3 Å². The molecule has 2 aliphatic rings. The van der Waals surface area contributed by atoms with E-state index in [0.29, 0.717) is 31.6 Å². The molecular weight excluding hydrogens is 392 g/mol. The molecule has 3 heterocycles. The molecule has 1 aromatic rings. The fraction of sp³-hybridized carbons (Fsp3) is 0.650. The molecule has 0 aromatic carbocycles. The van der Waals surface area contributed by atoms with Crippen molar-refractivity contribution in [1.29, 1.82) is 0 Å². The van der Waals surface area contributed by atoms with E-state index in [-0.39, 0.29) is 17.7 Å². The molecule has 0 radical (unpaired) electrons. The molecule has 0 aliphatic carbocycles. The number of likely N-dealkylation sites (tertiary alicyclic amines) is 1. The normalized spacial score (nSPS) is 21.0. The van der Waals surface area contributed by atoms with Gasteiger partial charge in [-0.25, -0.2) is 12.7 Å². The van der Waals surface area contributed by atoms with Crippen LogP contribution in [0.3, 0.4) is 0 Å². The fourth-order valence-electron chi connectivity index (χ4n) is 3.95. The Hall–Kier alpha value is -2.00. The first-order valence-electron chi connectivity index (χ1n) is 10.3. The van der Waals surface area contributed by atoms with E-state index in [1.807, 2.05) is 4.90 Å². The van der Waals surface area contributed by atoms with Gasteiger partial charge in [-0.2, -0.15) is 0 Å². The first kappa shape index (κ1) is 21.7. The number of pyridine rings is 1. The van der Waals surface area contributed by atoms with Gasteiger partial charge in [0.1, 0.15) is 0 Å². The van der Waals surface area contributed by atoms with Crippen LogP contribution in [0, 0.1) is 0 Å². The van der Waals surface area contributed by atoms with Gasteiger partial charge in [-0.1, -0.05) is 0 Å². The van der Waals surface area contributed by atoms with Crippen molar-refractivity contribution in [2.75, 3.05) is 39.0 Å². The highest BCUT2D eigenvalue weighted by Gasteiger charge is 2.27. The molecule has 1 aromatic heterocycles. The molecule has 29 heavy (non-hydrogen) atoms. The molecule has 0 bridgehead atoms. The Morgan fingerprint density at radius 2 is 1.90 bits per heavy atom. The highest BCUT2D eigenvalue weighted by molar-refractivity contribution is 7.88. The summed E-state index contributed by atoms with van der Waals surface area (Å²) in [5, 5.41) is 2.78. The van der Waals surface area contributed by atoms with E-state index in [1.54, 1.807) is 12.1 Å². The monoisotopic (exact) mass is 422 g/mol. The smallest absolute Gasteiger partial charge is 0.252 e. The molecule has 160 valence electrons. The van der Waals surface area contributed by atoms with Crippen molar-refractivity contribution in [3.05, 3.63) is 29.6 Å². The molecule has 1 atom stereocenters. The van der Waals surface area contributed by atoms with Gasteiger partial charge in [-0.15, -0.1) is 0 Å². The molecule has 1 unspecified atom stereocenters. The first-order chi connectivity index (χ1) is 13.8. The largest absolute Gasteiger partial charge is 0.351 e. The third kappa shape index (κ3) is 5.99. The average molecular weight is 423 g/mol. The summed E-state index contributed by atoms with van der Waals surface area (Å²) in [6, 6.07) is 3.51. The zero-order valence-electron chi connectivity index (χ0n) is 17.0. The maximum Gasteiger partial charge on any atom is 0.252 e. The van der Waals surface area contributed by atoms with Crippen LogP contribution < -0.4 is 5.32 Å². The molecule has 2 amide bonds. The quantitative estimate of drug-likeness (QED) is 0.746. The summed E-state index contributed by atoms with van der Waals surface area (Å²) in [5.74, 6) is -0.124. The van der Waals surface area contributed by atoms with Crippen molar-refractivity contribution in [2.24, 2.45) is 0 Å². The molecule has 9 heteroatoms. The van der Waals surface area contributed by atoms with Crippen LogP contribution in [-0.4, -0.2) is 73.4 Å². The van der Waals surface area contributed by atoms with Crippen LogP contribution in [-0.2, 0) is 14.8 Å². The molecule has 8 nitrogen and oxygen atoms in total. The Morgan fingerprint density at radius 3 is 2.55 bits per heavy atom. The lowest BCUT2D eigenvalue weighted by molar-refractivity contribution is -0.131. The van der Waals surface area contributed by atoms with E-state index >= 15 is 0 Å². The molecule has 2 saturated heterocycles. The molecule has 2 fully saturated rings. The minimum Gasteiger partial charge on any atom is -0.351 e. The van der Waals surface area contributed by atoms with E-state index in [4.69, 9.17) is 0 Å². The lowest BCUT2D eigenvalue weighted by atomic mass is 9.95. The number of sulfonamides is 1. The van der Waals surface area contributed by atoms with Gasteiger partial charge in [-0.05, 0) is 44.2 Å². The van der Waals surface area contributed by atoms with Gasteiger partial charge in [-0.3, -0.25) is 14.6 Å².